The van der Waals surface area contributed by atoms with Gasteiger partial charge in [-0.2, -0.15) is 0 Å². The Hall–Kier alpha value is -3.30. The summed E-state index contributed by atoms with van der Waals surface area (Å²) in [5.74, 6) is -1.37. The monoisotopic (exact) mass is 488 g/mol. The lowest BCUT2D eigenvalue weighted by Gasteiger charge is -2.13. The van der Waals surface area contributed by atoms with Gasteiger partial charge in [0.2, 0.25) is 0 Å². The Morgan fingerprint density at radius 2 is 1.88 bits per heavy atom. The summed E-state index contributed by atoms with van der Waals surface area (Å²) < 4.78 is 10.6. The molecule has 0 atom stereocenters. The summed E-state index contributed by atoms with van der Waals surface area (Å²) in [4.78, 5) is 49.9. The molecule has 0 unspecified atom stereocenters. The van der Waals surface area contributed by atoms with E-state index in [1.165, 1.54) is 6.08 Å². The molecule has 0 bridgehead atoms. The van der Waals surface area contributed by atoms with E-state index < -0.39 is 23.7 Å². The summed E-state index contributed by atoms with van der Waals surface area (Å²) in [6.45, 7) is 2.59. The van der Waals surface area contributed by atoms with Crippen molar-refractivity contribution >= 4 is 58.1 Å². The second-order valence-corrected chi connectivity index (χ2v) is 8.62. The highest BCUT2D eigenvalue weighted by Crippen LogP contribution is 2.34. The number of carbonyl (C=O) groups is 4. The first-order valence-corrected chi connectivity index (χ1v) is 11.1. The number of halogens is 1. The number of rotatable bonds is 8. The molecule has 1 saturated heterocycles. The Kier molecular flexibility index (Phi) is 8.13. The standard InChI is InChI=1S/C23H21ClN2O6S/c1-14(2)32-21(28)12-26-22(29)19(33-23(26)30)11-15-10-16(24)8-9-18(15)31-13-20(27)25-17-6-4-3-5-7-17/h3-11,14H,12-13H2,1-2H3,(H,25,27)/b19-11-. The van der Waals surface area contributed by atoms with Crippen LogP contribution in [0.1, 0.15) is 19.4 Å². The van der Waals surface area contributed by atoms with E-state index in [4.69, 9.17) is 21.1 Å². The van der Waals surface area contributed by atoms with Gasteiger partial charge in [0.25, 0.3) is 17.1 Å². The molecule has 2 aromatic rings. The maximum absolute atomic E-state index is 12.7. The van der Waals surface area contributed by atoms with Crippen LogP contribution >= 0.6 is 23.4 Å². The topological polar surface area (TPSA) is 102 Å². The molecule has 1 heterocycles. The van der Waals surface area contributed by atoms with E-state index in [9.17, 15) is 19.2 Å². The van der Waals surface area contributed by atoms with Gasteiger partial charge in [-0.15, -0.1) is 0 Å². The van der Waals surface area contributed by atoms with Crippen LogP contribution < -0.4 is 10.1 Å². The zero-order valence-electron chi connectivity index (χ0n) is 17.9. The largest absolute Gasteiger partial charge is 0.483 e. The van der Waals surface area contributed by atoms with Crippen molar-refractivity contribution in [1.29, 1.82) is 0 Å². The van der Waals surface area contributed by atoms with Crippen LogP contribution in [0.3, 0.4) is 0 Å². The summed E-state index contributed by atoms with van der Waals surface area (Å²) in [5.41, 5.74) is 1.04. The van der Waals surface area contributed by atoms with Crippen molar-refractivity contribution in [2.24, 2.45) is 0 Å². The number of imide groups is 1. The molecule has 1 aliphatic rings. The minimum Gasteiger partial charge on any atom is -0.483 e. The number of ether oxygens (including phenoxy) is 2. The number of benzene rings is 2. The predicted octanol–water partition coefficient (Wildman–Crippen LogP) is 4.35. The first-order valence-electron chi connectivity index (χ1n) is 9.95. The highest BCUT2D eigenvalue weighted by molar-refractivity contribution is 8.18. The van der Waals surface area contributed by atoms with E-state index in [-0.39, 0.29) is 23.5 Å². The van der Waals surface area contributed by atoms with Crippen molar-refractivity contribution < 1.29 is 28.7 Å². The Bertz CT molecular complexity index is 1100. The fraction of sp³-hybridized carbons (Fsp3) is 0.217. The summed E-state index contributed by atoms with van der Waals surface area (Å²) >= 11 is 6.78. The first-order chi connectivity index (χ1) is 15.7. The molecule has 33 heavy (non-hydrogen) atoms. The van der Waals surface area contributed by atoms with Crippen LogP contribution in [0.25, 0.3) is 6.08 Å². The molecule has 1 fully saturated rings. The molecule has 172 valence electrons. The highest BCUT2D eigenvalue weighted by atomic mass is 35.5. The number of hydrogen-bond acceptors (Lipinski definition) is 7. The van der Waals surface area contributed by atoms with Gasteiger partial charge in [-0.3, -0.25) is 24.1 Å². The first kappa shape index (κ1) is 24.3. The molecule has 3 amide bonds. The third-order valence-electron chi connectivity index (χ3n) is 4.20. The Balaban J connectivity index is 1.72. The van der Waals surface area contributed by atoms with Gasteiger partial charge in [0, 0.05) is 16.3 Å². The van der Waals surface area contributed by atoms with Crippen molar-refractivity contribution in [1.82, 2.24) is 4.90 Å². The molecule has 8 nitrogen and oxygen atoms in total. The molecule has 0 spiro atoms. The Morgan fingerprint density at radius 3 is 2.58 bits per heavy atom. The van der Waals surface area contributed by atoms with E-state index in [0.29, 0.717) is 33.8 Å². The van der Waals surface area contributed by atoms with Crippen LogP contribution in [0.2, 0.25) is 5.02 Å². The van der Waals surface area contributed by atoms with Crippen LogP contribution in [0, 0.1) is 0 Å². The van der Waals surface area contributed by atoms with Gasteiger partial charge in [-0.25, -0.2) is 0 Å². The van der Waals surface area contributed by atoms with Crippen molar-refractivity contribution in [3.63, 3.8) is 0 Å². The van der Waals surface area contributed by atoms with Crippen LogP contribution in [0.4, 0.5) is 10.5 Å². The van der Waals surface area contributed by atoms with Gasteiger partial charge in [0.1, 0.15) is 12.3 Å². The summed E-state index contributed by atoms with van der Waals surface area (Å²) in [6.07, 6.45) is 1.08. The lowest BCUT2D eigenvalue weighted by Crippen LogP contribution is -2.35. The van der Waals surface area contributed by atoms with Crippen LogP contribution in [-0.4, -0.2) is 47.2 Å². The zero-order valence-corrected chi connectivity index (χ0v) is 19.4. The van der Waals surface area contributed by atoms with Gasteiger partial charge in [0.05, 0.1) is 11.0 Å². The van der Waals surface area contributed by atoms with Gasteiger partial charge >= 0.3 is 5.97 Å². The number of anilines is 1. The van der Waals surface area contributed by atoms with E-state index >= 15 is 0 Å². The normalized spacial score (nSPS) is 14.7. The van der Waals surface area contributed by atoms with Crippen molar-refractivity contribution in [3.8, 4) is 5.75 Å². The average molecular weight is 489 g/mol. The number of nitrogens with zero attached hydrogens (tertiary/aromatic N) is 1. The van der Waals surface area contributed by atoms with Crippen molar-refractivity contribution in [2.75, 3.05) is 18.5 Å². The van der Waals surface area contributed by atoms with Gasteiger partial charge in [-0.1, -0.05) is 29.8 Å². The summed E-state index contributed by atoms with van der Waals surface area (Å²) in [7, 11) is 0. The van der Waals surface area contributed by atoms with Gasteiger partial charge < -0.3 is 14.8 Å². The maximum atomic E-state index is 12.7. The van der Waals surface area contributed by atoms with Gasteiger partial charge in [-0.05, 0) is 62.0 Å². The van der Waals surface area contributed by atoms with Gasteiger partial charge in [0.15, 0.2) is 6.61 Å². The molecular weight excluding hydrogens is 468 g/mol. The number of amides is 3. The lowest BCUT2D eigenvalue weighted by atomic mass is 10.2. The Morgan fingerprint density at radius 1 is 1.15 bits per heavy atom. The number of hydrogen-bond donors (Lipinski definition) is 1. The number of nitrogens with one attached hydrogen (secondary N) is 1. The molecule has 0 saturated carbocycles. The van der Waals surface area contributed by atoms with Crippen LogP contribution in [0.5, 0.6) is 5.75 Å². The zero-order chi connectivity index (χ0) is 24.0. The quantitative estimate of drug-likeness (QED) is 0.435. The van der Waals surface area contributed by atoms with Crippen molar-refractivity contribution in [2.45, 2.75) is 20.0 Å². The molecule has 10 heteroatoms. The fourth-order valence-electron chi connectivity index (χ4n) is 2.83. The molecule has 3 rings (SSSR count). The molecule has 1 aliphatic heterocycles. The van der Waals surface area contributed by atoms with Crippen molar-refractivity contribution in [3.05, 3.63) is 64.0 Å². The summed E-state index contributed by atoms with van der Waals surface area (Å²) in [5, 5.41) is 2.50. The molecule has 2 aromatic carbocycles. The second-order valence-electron chi connectivity index (χ2n) is 7.19. The Labute approximate surface area is 199 Å². The smallest absolute Gasteiger partial charge is 0.326 e. The molecule has 0 aliphatic carbocycles. The van der Waals surface area contributed by atoms with E-state index in [2.05, 4.69) is 5.32 Å². The lowest BCUT2D eigenvalue weighted by molar-refractivity contribution is -0.149. The maximum Gasteiger partial charge on any atom is 0.326 e. The minimum absolute atomic E-state index is 0.0956. The highest BCUT2D eigenvalue weighted by Gasteiger charge is 2.37. The van der Waals surface area contributed by atoms with Crippen LogP contribution in [0.15, 0.2) is 53.4 Å². The number of carbonyl (C=O) groups excluding carboxylic acids is 4. The number of thioether (sulfide) groups is 1. The minimum atomic E-state index is -0.676. The molecular formula is C23H21ClN2O6S. The number of esters is 1. The predicted molar refractivity (Wildman–Crippen MR) is 126 cm³/mol. The second kappa shape index (κ2) is 11.0. The third kappa shape index (κ3) is 6.84. The number of para-hydroxylation sites is 1. The van der Waals surface area contributed by atoms with E-state index in [1.807, 2.05) is 6.07 Å². The average Bonchev–Trinajstić information content (AvgIpc) is 3.00. The third-order valence-corrected chi connectivity index (χ3v) is 5.35. The summed E-state index contributed by atoms with van der Waals surface area (Å²) in [6, 6.07) is 13.6. The SMILES string of the molecule is CC(C)OC(=O)CN1C(=O)S/C(=C\c2cc(Cl)ccc2OCC(=O)Nc2ccccc2)C1=O. The van der Waals surface area contributed by atoms with E-state index in [1.54, 1.807) is 56.3 Å². The molecule has 0 aromatic heterocycles. The molecule has 1 N–H and O–H groups in total. The molecule has 0 radical (unpaired) electrons. The van der Waals surface area contributed by atoms with Crippen LogP contribution in [-0.2, 0) is 19.1 Å². The fourth-order valence-corrected chi connectivity index (χ4v) is 3.84. The van der Waals surface area contributed by atoms with E-state index in [0.717, 1.165) is 4.90 Å².